The maximum atomic E-state index is 11.4. The molecule has 0 spiro atoms. The number of halogens is 1. The van der Waals surface area contributed by atoms with E-state index >= 15 is 0 Å². The zero-order valence-electron chi connectivity index (χ0n) is 11.2. The Balaban J connectivity index is 2.10. The number of aliphatic carboxylic acids is 1. The highest BCUT2D eigenvalue weighted by atomic mass is 79.9. The highest BCUT2D eigenvalue weighted by Crippen LogP contribution is 2.28. The molecule has 0 aromatic heterocycles. The highest BCUT2D eigenvalue weighted by Gasteiger charge is 2.32. The lowest BCUT2D eigenvalue weighted by atomic mass is 9.88. The average Bonchev–Trinajstić information content (AvgIpc) is 2.41. The van der Waals surface area contributed by atoms with Gasteiger partial charge in [0.15, 0.2) is 0 Å². The SMILES string of the molecule is CCC1CCN(Cc2ccccc2Br)C(C(=O)O)C1. The van der Waals surface area contributed by atoms with Crippen LogP contribution in [-0.2, 0) is 11.3 Å². The van der Waals surface area contributed by atoms with Gasteiger partial charge in [0.2, 0.25) is 0 Å². The Bertz CT molecular complexity index is 450. The van der Waals surface area contributed by atoms with E-state index in [1.165, 1.54) is 0 Å². The zero-order chi connectivity index (χ0) is 13.8. The third-order valence-corrected chi connectivity index (χ3v) is 4.79. The molecule has 1 aliphatic rings. The van der Waals surface area contributed by atoms with Crippen molar-refractivity contribution in [3.05, 3.63) is 34.3 Å². The predicted molar refractivity (Wildman–Crippen MR) is 79.0 cm³/mol. The number of rotatable bonds is 4. The molecule has 0 bridgehead atoms. The van der Waals surface area contributed by atoms with Gasteiger partial charge in [0.25, 0.3) is 0 Å². The normalized spacial score (nSPS) is 24.3. The lowest BCUT2D eigenvalue weighted by molar-refractivity contribution is -0.145. The molecule has 0 saturated carbocycles. The van der Waals surface area contributed by atoms with Crippen LogP contribution in [0.5, 0.6) is 0 Å². The Labute approximate surface area is 122 Å². The Morgan fingerprint density at radius 1 is 1.47 bits per heavy atom. The van der Waals surface area contributed by atoms with Crippen LogP contribution in [0.2, 0.25) is 0 Å². The summed E-state index contributed by atoms with van der Waals surface area (Å²) in [7, 11) is 0. The standard InChI is InChI=1S/C15H20BrNO2/c1-2-11-7-8-17(14(9-11)15(18)19)10-12-5-3-4-6-13(12)16/h3-6,11,14H,2,7-10H2,1H3,(H,18,19). The predicted octanol–water partition coefficient (Wildman–Crippen LogP) is 3.52. The van der Waals surface area contributed by atoms with E-state index in [1.54, 1.807) is 0 Å². The molecular weight excluding hydrogens is 306 g/mol. The minimum atomic E-state index is -0.690. The van der Waals surface area contributed by atoms with Crippen molar-refractivity contribution in [3.63, 3.8) is 0 Å². The molecule has 2 atom stereocenters. The quantitative estimate of drug-likeness (QED) is 0.920. The second-order valence-corrected chi connectivity index (χ2v) is 6.07. The molecule has 0 amide bonds. The molecule has 1 aromatic carbocycles. The second kappa shape index (κ2) is 6.53. The van der Waals surface area contributed by atoms with Gasteiger partial charge in [-0.05, 0) is 36.9 Å². The number of benzene rings is 1. The first-order valence-electron chi connectivity index (χ1n) is 6.82. The summed E-state index contributed by atoms with van der Waals surface area (Å²) >= 11 is 3.53. The summed E-state index contributed by atoms with van der Waals surface area (Å²) < 4.78 is 1.05. The second-order valence-electron chi connectivity index (χ2n) is 5.21. The fraction of sp³-hybridized carbons (Fsp3) is 0.533. The first-order valence-corrected chi connectivity index (χ1v) is 7.61. The van der Waals surface area contributed by atoms with Crippen molar-refractivity contribution >= 4 is 21.9 Å². The van der Waals surface area contributed by atoms with Gasteiger partial charge in [-0.25, -0.2) is 0 Å². The highest BCUT2D eigenvalue weighted by molar-refractivity contribution is 9.10. The molecule has 4 heteroatoms. The van der Waals surface area contributed by atoms with Crippen molar-refractivity contribution in [2.45, 2.75) is 38.8 Å². The molecule has 1 aromatic rings. The van der Waals surface area contributed by atoms with E-state index in [0.717, 1.165) is 35.8 Å². The van der Waals surface area contributed by atoms with Crippen molar-refractivity contribution in [2.24, 2.45) is 5.92 Å². The summed E-state index contributed by atoms with van der Waals surface area (Å²) in [5.74, 6) is -0.137. The lowest BCUT2D eigenvalue weighted by Crippen LogP contribution is -2.46. The van der Waals surface area contributed by atoms with Gasteiger partial charge in [-0.2, -0.15) is 0 Å². The summed E-state index contributed by atoms with van der Waals surface area (Å²) in [6.07, 6.45) is 2.95. The molecule has 1 saturated heterocycles. The largest absolute Gasteiger partial charge is 0.480 e. The third-order valence-electron chi connectivity index (χ3n) is 4.02. The van der Waals surface area contributed by atoms with E-state index in [-0.39, 0.29) is 6.04 Å². The fourth-order valence-corrected chi connectivity index (χ4v) is 3.16. The van der Waals surface area contributed by atoms with Gasteiger partial charge in [-0.1, -0.05) is 47.5 Å². The molecule has 2 unspecified atom stereocenters. The van der Waals surface area contributed by atoms with Crippen LogP contribution < -0.4 is 0 Å². The zero-order valence-corrected chi connectivity index (χ0v) is 12.8. The topological polar surface area (TPSA) is 40.5 Å². The van der Waals surface area contributed by atoms with E-state index in [2.05, 4.69) is 33.8 Å². The van der Waals surface area contributed by atoms with E-state index in [0.29, 0.717) is 12.5 Å². The Morgan fingerprint density at radius 3 is 2.84 bits per heavy atom. The van der Waals surface area contributed by atoms with Crippen molar-refractivity contribution in [1.29, 1.82) is 0 Å². The lowest BCUT2D eigenvalue weighted by Gasteiger charge is -2.37. The molecule has 1 N–H and O–H groups in total. The number of carboxylic acid groups (broad SMARTS) is 1. The number of piperidine rings is 1. The Kier molecular flexibility index (Phi) is 4.99. The van der Waals surface area contributed by atoms with Gasteiger partial charge in [0.05, 0.1) is 0 Å². The maximum absolute atomic E-state index is 11.4. The smallest absolute Gasteiger partial charge is 0.320 e. The number of nitrogens with zero attached hydrogens (tertiary/aromatic N) is 1. The van der Waals surface area contributed by atoms with E-state index in [4.69, 9.17) is 0 Å². The molecule has 2 rings (SSSR count). The summed E-state index contributed by atoms with van der Waals surface area (Å²) in [6, 6.07) is 7.68. The molecule has 1 aliphatic heterocycles. The van der Waals surface area contributed by atoms with E-state index in [1.807, 2.05) is 18.2 Å². The molecular formula is C15H20BrNO2. The van der Waals surface area contributed by atoms with Gasteiger partial charge in [-0.15, -0.1) is 0 Å². The summed E-state index contributed by atoms with van der Waals surface area (Å²) in [4.78, 5) is 13.5. The molecule has 0 radical (unpaired) electrons. The first kappa shape index (κ1) is 14.5. The number of hydrogen-bond donors (Lipinski definition) is 1. The van der Waals surface area contributed by atoms with Crippen LogP contribution in [0.3, 0.4) is 0 Å². The van der Waals surface area contributed by atoms with Crippen molar-refractivity contribution < 1.29 is 9.90 Å². The molecule has 19 heavy (non-hydrogen) atoms. The Morgan fingerprint density at radius 2 is 2.21 bits per heavy atom. The van der Waals surface area contributed by atoms with Crippen molar-refractivity contribution in [2.75, 3.05) is 6.54 Å². The van der Waals surface area contributed by atoms with Gasteiger partial charge >= 0.3 is 5.97 Å². The van der Waals surface area contributed by atoms with Crippen LogP contribution in [0, 0.1) is 5.92 Å². The van der Waals surface area contributed by atoms with Crippen LogP contribution >= 0.6 is 15.9 Å². The van der Waals surface area contributed by atoms with Crippen LogP contribution in [0.15, 0.2) is 28.7 Å². The summed E-state index contributed by atoms with van der Waals surface area (Å²) in [5.41, 5.74) is 1.16. The van der Waals surface area contributed by atoms with Gasteiger partial charge < -0.3 is 5.11 Å². The van der Waals surface area contributed by atoms with Crippen molar-refractivity contribution in [1.82, 2.24) is 4.90 Å². The fourth-order valence-electron chi connectivity index (χ4n) is 2.75. The molecule has 104 valence electrons. The van der Waals surface area contributed by atoms with Crippen LogP contribution in [0.25, 0.3) is 0 Å². The summed E-state index contributed by atoms with van der Waals surface area (Å²) in [5, 5.41) is 9.42. The van der Waals surface area contributed by atoms with E-state index < -0.39 is 5.97 Å². The third kappa shape index (κ3) is 3.57. The molecule has 1 fully saturated rings. The number of carboxylic acids is 1. The van der Waals surface area contributed by atoms with Gasteiger partial charge in [0, 0.05) is 11.0 Å². The monoisotopic (exact) mass is 325 g/mol. The summed E-state index contributed by atoms with van der Waals surface area (Å²) in [6.45, 7) is 3.72. The van der Waals surface area contributed by atoms with Gasteiger partial charge in [-0.3, -0.25) is 9.69 Å². The average molecular weight is 326 g/mol. The minimum Gasteiger partial charge on any atom is -0.480 e. The molecule has 3 nitrogen and oxygen atoms in total. The Hall–Kier alpha value is -0.870. The number of carbonyl (C=O) groups is 1. The van der Waals surface area contributed by atoms with Crippen molar-refractivity contribution in [3.8, 4) is 0 Å². The van der Waals surface area contributed by atoms with Gasteiger partial charge in [0.1, 0.15) is 6.04 Å². The first-order chi connectivity index (χ1) is 9.11. The minimum absolute atomic E-state index is 0.342. The van der Waals surface area contributed by atoms with Crippen LogP contribution in [0.1, 0.15) is 31.7 Å². The molecule has 1 heterocycles. The van der Waals surface area contributed by atoms with Crippen LogP contribution in [0.4, 0.5) is 0 Å². The molecule has 0 aliphatic carbocycles. The van der Waals surface area contributed by atoms with Crippen LogP contribution in [-0.4, -0.2) is 28.6 Å². The number of hydrogen-bond acceptors (Lipinski definition) is 2. The number of likely N-dealkylation sites (tertiary alicyclic amines) is 1. The maximum Gasteiger partial charge on any atom is 0.320 e. The van der Waals surface area contributed by atoms with E-state index in [9.17, 15) is 9.90 Å².